The van der Waals surface area contributed by atoms with Crippen LogP contribution in [0.5, 0.6) is 0 Å². The summed E-state index contributed by atoms with van der Waals surface area (Å²) in [5, 5.41) is 0. The van der Waals surface area contributed by atoms with E-state index in [9.17, 15) is 9.70 Å². The molecule has 1 atom stereocenters. The van der Waals surface area contributed by atoms with Gasteiger partial charge in [0.15, 0.2) is 0 Å². The van der Waals surface area contributed by atoms with Crippen LogP contribution in [-0.2, 0) is 9.53 Å². The van der Waals surface area contributed by atoms with Crippen LogP contribution in [0.2, 0.25) is 0 Å². The SMILES string of the molecule is COC(=O)C(C)CSN=O. The van der Waals surface area contributed by atoms with E-state index in [2.05, 4.69) is 9.32 Å². The molecule has 0 N–H and O–H groups in total. The smallest absolute Gasteiger partial charge is 0.309 e. The van der Waals surface area contributed by atoms with Gasteiger partial charge in [0.05, 0.1) is 13.0 Å². The number of esters is 1. The predicted octanol–water partition coefficient (Wildman–Crippen LogP) is 1.21. The summed E-state index contributed by atoms with van der Waals surface area (Å²) in [4.78, 5) is 20.2. The molecule has 0 saturated carbocycles. The number of nitrogens with zero attached hydrogens (tertiary/aromatic N) is 1. The fourth-order valence-electron chi connectivity index (χ4n) is 0.411. The second kappa shape index (κ2) is 5.22. The highest BCUT2D eigenvalue weighted by Gasteiger charge is 2.12. The predicted molar refractivity (Wildman–Crippen MR) is 39.4 cm³/mol. The molecule has 1 unspecified atom stereocenters. The van der Waals surface area contributed by atoms with Crippen molar-refractivity contribution >= 4 is 17.9 Å². The monoisotopic (exact) mass is 163 g/mol. The van der Waals surface area contributed by atoms with Gasteiger partial charge in [-0.05, 0) is 0 Å². The highest BCUT2D eigenvalue weighted by atomic mass is 32.2. The second-order valence-corrected chi connectivity index (χ2v) is 2.54. The van der Waals surface area contributed by atoms with Gasteiger partial charge in [-0.2, -0.15) is 0 Å². The lowest BCUT2D eigenvalue weighted by molar-refractivity contribution is -0.143. The van der Waals surface area contributed by atoms with Crippen LogP contribution < -0.4 is 0 Å². The van der Waals surface area contributed by atoms with Crippen molar-refractivity contribution < 1.29 is 9.53 Å². The highest BCUT2D eigenvalue weighted by Crippen LogP contribution is 2.09. The summed E-state index contributed by atoms with van der Waals surface area (Å²) in [5.74, 6) is -0.181. The van der Waals surface area contributed by atoms with Gasteiger partial charge in [0.25, 0.3) is 0 Å². The summed E-state index contributed by atoms with van der Waals surface area (Å²) in [6.45, 7) is 1.68. The number of hydrogen-bond donors (Lipinski definition) is 0. The van der Waals surface area contributed by atoms with Gasteiger partial charge in [-0.1, -0.05) is 6.92 Å². The Hall–Kier alpha value is -0.580. The van der Waals surface area contributed by atoms with E-state index in [0.717, 1.165) is 11.9 Å². The molecule has 0 heterocycles. The maximum atomic E-state index is 10.6. The minimum absolute atomic E-state index is 0.257. The molecule has 5 heteroatoms. The largest absolute Gasteiger partial charge is 0.469 e. The standard InChI is InChI=1S/C5H9NO3S/c1-4(3-10-6-8)5(7)9-2/h4H,3H2,1-2H3. The number of methoxy groups -OCH3 is 1. The quantitative estimate of drug-likeness (QED) is 0.355. The first-order chi connectivity index (χ1) is 4.72. The molecule has 0 rings (SSSR count). The van der Waals surface area contributed by atoms with Crippen molar-refractivity contribution in [1.29, 1.82) is 0 Å². The van der Waals surface area contributed by atoms with E-state index >= 15 is 0 Å². The summed E-state index contributed by atoms with van der Waals surface area (Å²) in [6.07, 6.45) is 0. The van der Waals surface area contributed by atoms with Crippen molar-refractivity contribution in [3.8, 4) is 0 Å². The Kier molecular flexibility index (Phi) is 4.92. The van der Waals surface area contributed by atoms with Gasteiger partial charge in [0, 0.05) is 22.3 Å². The van der Waals surface area contributed by atoms with Crippen LogP contribution in [0, 0.1) is 10.8 Å². The van der Waals surface area contributed by atoms with E-state index in [1.165, 1.54) is 7.11 Å². The number of nitroso groups, excluding NO2 is 1. The van der Waals surface area contributed by atoms with Gasteiger partial charge in [0.1, 0.15) is 0 Å². The third-order valence-corrected chi connectivity index (χ3v) is 1.74. The van der Waals surface area contributed by atoms with Crippen LogP contribution in [0.25, 0.3) is 0 Å². The van der Waals surface area contributed by atoms with Crippen molar-refractivity contribution in [3.63, 3.8) is 0 Å². The van der Waals surface area contributed by atoms with Crippen molar-refractivity contribution in [2.75, 3.05) is 12.9 Å². The second-order valence-electron chi connectivity index (χ2n) is 1.79. The van der Waals surface area contributed by atoms with Gasteiger partial charge < -0.3 is 4.74 Å². The van der Waals surface area contributed by atoms with Gasteiger partial charge >= 0.3 is 5.97 Å². The first-order valence-corrected chi connectivity index (χ1v) is 3.69. The Balaban J connectivity index is 3.50. The third kappa shape index (κ3) is 3.45. The fourth-order valence-corrected chi connectivity index (χ4v) is 0.832. The summed E-state index contributed by atoms with van der Waals surface area (Å²) in [7, 11) is 1.32. The highest BCUT2D eigenvalue weighted by molar-refractivity contribution is 7.97. The molecule has 0 aromatic carbocycles. The molecule has 0 fully saturated rings. The van der Waals surface area contributed by atoms with E-state index in [1.54, 1.807) is 6.92 Å². The topological polar surface area (TPSA) is 55.7 Å². The Morgan fingerprint density at radius 3 is 2.80 bits per heavy atom. The first kappa shape index (κ1) is 9.42. The average molecular weight is 163 g/mol. The van der Waals surface area contributed by atoms with Crippen molar-refractivity contribution in [1.82, 2.24) is 0 Å². The molecule has 0 aliphatic carbocycles. The van der Waals surface area contributed by atoms with Crippen LogP contribution in [0.15, 0.2) is 4.58 Å². The Morgan fingerprint density at radius 1 is 1.80 bits per heavy atom. The zero-order valence-corrected chi connectivity index (χ0v) is 6.68. The number of carbonyl (C=O) groups is 1. The molecule has 0 saturated heterocycles. The Bertz CT molecular complexity index is 128. The van der Waals surface area contributed by atoms with Gasteiger partial charge in [-0.15, -0.1) is 4.91 Å². The third-order valence-electron chi connectivity index (χ3n) is 0.981. The number of rotatable bonds is 4. The maximum absolute atomic E-state index is 10.6. The zero-order chi connectivity index (χ0) is 7.98. The van der Waals surface area contributed by atoms with Crippen LogP contribution in [0.1, 0.15) is 6.92 Å². The lowest BCUT2D eigenvalue weighted by atomic mass is 10.2. The Labute approximate surface area is 63.4 Å². The molecule has 0 aliphatic rings. The maximum Gasteiger partial charge on any atom is 0.309 e. The van der Waals surface area contributed by atoms with Crippen LogP contribution in [-0.4, -0.2) is 18.8 Å². The Morgan fingerprint density at radius 2 is 2.40 bits per heavy atom. The van der Waals surface area contributed by atoms with E-state index in [4.69, 9.17) is 0 Å². The molecule has 0 aromatic rings. The summed E-state index contributed by atoms with van der Waals surface area (Å²) < 4.78 is 6.96. The zero-order valence-electron chi connectivity index (χ0n) is 5.86. The summed E-state index contributed by atoms with van der Waals surface area (Å²) in [6, 6.07) is 0. The summed E-state index contributed by atoms with van der Waals surface area (Å²) >= 11 is 0.829. The van der Waals surface area contributed by atoms with Gasteiger partial charge in [-0.25, -0.2) is 0 Å². The molecule has 0 spiro atoms. The summed E-state index contributed by atoms with van der Waals surface area (Å²) in [5.41, 5.74) is 0. The van der Waals surface area contributed by atoms with Crippen LogP contribution >= 0.6 is 11.9 Å². The average Bonchev–Trinajstić information content (AvgIpc) is 1.98. The fraction of sp³-hybridized carbons (Fsp3) is 0.800. The van der Waals surface area contributed by atoms with Crippen molar-refractivity contribution in [3.05, 3.63) is 4.91 Å². The number of carbonyl (C=O) groups excluding carboxylic acids is 1. The molecular weight excluding hydrogens is 154 g/mol. The molecule has 10 heavy (non-hydrogen) atoms. The molecule has 0 amide bonds. The van der Waals surface area contributed by atoms with Crippen LogP contribution in [0.4, 0.5) is 0 Å². The lowest BCUT2D eigenvalue weighted by Crippen LogP contribution is -2.14. The normalized spacial score (nSPS) is 12.2. The number of hydrogen-bond acceptors (Lipinski definition) is 5. The van der Waals surface area contributed by atoms with Crippen molar-refractivity contribution in [2.24, 2.45) is 10.5 Å². The molecule has 4 nitrogen and oxygen atoms in total. The van der Waals surface area contributed by atoms with Crippen molar-refractivity contribution in [2.45, 2.75) is 6.92 Å². The minimum atomic E-state index is -0.309. The van der Waals surface area contributed by atoms with Gasteiger partial charge in [0.2, 0.25) is 0 Å². The van der Waals surface area contributed by atoms with E-state index in [0.29, 0.717) is 5.75 Å². The molecule has 0 aromatic heterocycles. The molecule has 0 radical (unpaired) electrons. The number of ether oxygens (including phenoxy) is 1. The lowest BCUT2D eigenvalue weighted by Gasteiger charge is -2.03. The van der Waals surface area contributed by atoms with Crippen LogP contribution in [0.3, 0.4) is 0 Å². The first-order valence-electron chi connectivity index (χ1n) is 2.74. The van der Waals surface area contributed by atoms with E-state index in [-0.39, 0.29) is 11.9 Å². The molecule has 58 valence electrons. The molecule has 0 bridgehead atoms. The minimum Gasteiger partial charge on any atom is -0.469 e. The van der Waals surface area contributed by atoms with E-state index < -0.39 is 0 Å². The molecule has 0 aliphatic heterocycles. The molecular formula is C5H9NO3S. The van der Waals surface area contributed by atoms with E-state index in [1.807, 2.05) is 0 Å². The van der Waals surface area contributed by atoms with Gasteiger partial charge in [-0.3, -0.25) is 4.79 Å².